The maximum atomic E-state index is 6.49. The monoisotopic (exact) mass is 539 g/mol. The minimum atomic E-state index is -0.347. The van der Waals surface area contributed by atoms with E-state index < -0.39 is 0 Å². The van der Waals surface area contributed by atoms with Crippen molar-refractivity contribution in [1.82, 2.24) is 15.0 Å². The zero-order valence-electron chi connectivity index (χ0n) is 23.3. The van der Waals surface area contributed by atoms with Crippen LogP contribution in [-0.2, 0) is 17.3 Å². The first-order valence-electron chi connectivity index (χ1n) is 13.5. The first-order chi connectivity index (χ1) is 20.0. The van der Waals surface area contributed by atoms with Crippen molar-refractivity contribution < 1.29 is 4.74 Å². The summed E-state index contributed by atoms with van der Waals surface area (Å²) in [7, 11) is 0. The first-order valence-corrected chi connectivity index (χ1v) is 13.5. The van der Waals surface area contributed by atoms with Crippen molar-refractivity contribution in [3.8, 4) is 11.5 Å². The number of hydrogen-bond donors (Lipinski definition) is 1. The average Bonchev–Trinajstić information content (AvgIpc) is 3.40. The third-order valence-corrected chi connectivity index (χ3v) is 6.98. The quantitative estimate of drug-likeness (QED) is 0.273. The predicted molar refractivity (Wildman–Crippen MR) is 167 cm³/mol. The Morgan fingerprint density at radius 2 is 1.39 bits per heavy atom. The van der Waals surface area contributed by atoms with Gasteiger partial charge in [0, 0.05) is 60.4 Å². The lowest BCUT2D eigenvalue weighted by molar-refractivity contribution is 0.479. The molecule has 0 fully saturated rings. The van der Waals surface area contributed by atoms with Crippen LogP contribution in [0.4, 0.5) is 0 Å². The van der Waals surface area contributed by atoms with Crippen LogP contribution in [0.15, 0.2) is 145 Å². The SMILES string of the molecule is CC1(c2cccc(Oc3cc(Cc4ccncc4)cc(C4(C)C=CC=CN=C4)c3)c2)C=CC=CN=C1.c1c[nH]cn1. The highest BCUT2D eigenvalue weighted by Crippen LogP contribution is 2.34. The summed E-state index contributed by atoms with van der Waals surface area (Å²) >= 11 is 0. The molecule has 204 valence electrons. The van der Waals surface area contributed by atoms with Gasteiger partial charge in [0.15, 0.2) is 0 Å². The highest BCUT2D eigenvalue weighted by molar-refractivity contribution is 5.78. The Morgan fingerprint density at radius 1 is 0.683 bits per heavy atom. The smallest absolute Gasteiger partial charge is 0.128 e. The molecule has 2 atom stereocenters. The van der Waals surface area contributed by atoms with Crippen molar-refractivity contribution in [2.75, 3.05) is 0 Å². The number of benzene rings is 2. The van der Waals surface area contributed by atoms with Crippen molar-refractivity contribution >= 4 is 12.4 Å². The van der Waals surface area contributed by atoms with Crippen molar-refractivity contribution in [2.45, 2.75) is 31.1 Å². The predicted octanol–water partition coefficient (Wildman–Crippen LogP) is 7.70. The lowest BCUT2D eigenvalue weighted by Crippen LogP contribution is -2.21. The van der Waals surface area contributed by atoms with Crippen molar-refractivity contribution in [1.29, 1.82) is 0 Å². The summed E-state index contributed by atoms with van der Waals surface area (Å²) < 4.78 is 6.49. The maximum absolute atomic E-state index is 6.49. The molecule has 0 radical (unpaired) electrons. The standard InChI is InChI=1S/C32H29N3O.C3H4N2/c1-31(12-3-5-14-34-23-31)27-8-7-9-29(21-27)36-30-20-26(18-25-10-16-33-17-11-25)19-28(22-30)32(2)13-4-6-15-35-24-32;1-2-5-3-4-1/h3-17,19-24H,18H2,1-2H3;1-3H,(H,4,5). The van der Waals surface area contributed by atoms with Crippen LogP contribution in [0.2, 0.25) is 0 Å². The highest BCUT2D eigenvalue weighted by Gasteiger charge is 2.24. The van der Waals surface area contributed by atoms with E-state index in [0.717, 1.165) is 29.0 Å². The molecule has 4 heterocycles. The molecule has 41 heavy (non-hydrogen) atoms. The molecule has 2 aromatic heterocycles. The van der Waals surface area contributed by atoms with Crippen LogP contribution in [-0.4, -0.2) is 27.4 Å². The van der Waals surface area contributed by atoms with Gasteiger partial charge in [0.2, 0.25) is 0 Å². The summed E-state index contributed by atoms with van der Waals surface area (Å²) in [4.78, 5) is 19.4. The topological polar surface area (TPSA) is 75.5 Å². The number of H-pyrrole nitrogens is 1. The van der Waals surface area contributed by atoms with Crippen LogP contribution in [0.3, 0.4) is 0 Å². The molecule has 0 bridgehead atoms. The zero-order valence-corrected chi connectivity index (χ0v) is 23.3. The maximum Gasteiger partial charge on any atom is 0.128 e. The fraction of sp³-hybridized carbons (Fsp3) is 0.143. The van der Waals surface area contributed by atoms with E-state index in [4.69, 9.17) is 4.74 Å². The molecule has 2 aromatic carbocycles. The number of nitrogens with zero attached hydrogens (tertiary/aromatic N) is 4. The summed E-state index contributed by atoms with van der Waals surface area (Å²) in [5, 5.41) is 0. The molecule has 2 aliphatic heterocycles. The molecule has 6 heteroatoms. The van der Waals surface area contributed by atoms with Crippen LogP contribution in [0, 0.1) is 0 Å². The van der Waals surface area contributed by atoms with Gasteiger partial charge in [0.05, 0.1) is 6.33 Å². The van der Waals surface area contributed by atoms with E-state index in [1.54, 1.807) is 24.9 Å². The number of aromatic amines is 1. The van der Waals surface area contributed by atoms with Gasteiger partial charge in [-0.25, -0.2) is 4.98 Å². The van der Waals surface area contributed by atoms with E-state index in [9.17, 15) is 0 Å². The number of aromatic nitrogens is 3. The summed E-state index contributed by atoms with van der Waals surface area (Å²) in [5.41, 5.74) is 3.96. The Balaban J connectivity index is 0.000000610. The number of rotatable bonds is 6. The molecule has 0 aliphatic carbocycles. The largest absolute Gasteiger partial charge is 0.457 e. The number of ether oxygens (including phenoxy) is 1. The van der Waals surface area contributed by atoms with E-state index >= 15 is 0 Å². The van der Waals surface area contributed by atoms with Crippen molar-refractivity contribution in [3.63, 3.8) is 0 Å². The lowest BCUT2D eigenvalue weighted by Gasteiger charge is -2.24. The van der Waals surface area contributed by atoms with Crippen LogP contribution < -0.4 is 4.74 Å². The fourth-order valence-corrected chi connectivity index (χ4v) is 4.65. The second-order valence-corrected chi connectivity index (χ2v) is 10.3. The highest BCUT2D eigenvalue weighted by atomic mass is 16.5. The van der Waals surface area contributed by atoms with Crippen molar-refractivity contribution in [3.05, 3.63) is 157 Å². The van der Waals surface area contributed by atoms with Gasteiger partial charge in [0.25, 0.3) is 0 Å². The molecule has 0 saturated heterocycles. The third-order valence-electron chi connectivity index (χ3n) is 6.98. The van der Waals surface area contributed by atoms with Crippen LogP contribution >= 0.6 is 0 Å². The van der Waals surface area contributed by atoms with Gasteiger partial charge >= 0.3 is 0 Å². The van der Waals surface area contributed by atoms with Gasteiger partial charge in [-0.1, -0.05) is 42.5 Å². The lowest BCUT2D eigenvalue weighted by atomic mass is 9.82. The number of imidazole rings is 1. The third kappa shape index (κ3) is 7.31. The summed E-state index contributed by atoms with van der Waals surface area (Å²) in [6.07, 6.45) is 29.4. The Kier molecular flexibility index (Phi) is 8.60. The molecule has 1 N–H and O–H groups in total. The summed E-state index contributed by atoms with van der Waals surface area (Å²) in [6.45, 7) is 4.32. The van der Waals surface area contributed by atoms with Gasteiger partial charge in [-0.05, 0) is 91.1 Å². The number of nitrogens with one attached hydrogen (secondary N) is 1. The van der Waals surface area contributed by atoms with E-state index in [-0.39, 0.29) is 10.8 Å². The number of pyridine rings is 1. The van der Waals surface area contributed by atoms with E-state index in [0.29, 0.717) is 0 Å². The summed E-state index contributed by atoms with van der Waals surface area (Å²) in [5.74, 6) is 1.59. The normalized spacial score (nSPS) is 20.6. The van der Waals surface area contributed by atoms with Gasteiger partial charge in [-0.15, -0.1) is 0 Å². The van der Waals surface area contributed by atoms with Gasteiger partial charge in [-0.2, -0.15) is 0 Å². The van der Waals surface area contributed by atoms with Gasteiger partial charge in [0.1, 0.15) is 11.5 Å². The Labute approximate surface area is 241 Å². The molecular formula is C35H33N5O. The van der Waals surface area contributed by atoms with Gasteiger partial charge < -0.3 is 9.72 Å². The second kappa shape index (κ2) is 12.8. The fourth-order valence-electron chi connectivity index (χ4n) is 4.65. The molecular weight excluding hydrogens is 506 g/mol. The van der Waals surface area contributed by atoms with E-state index in [1.807, 2.05) is 79.6 Å². The molecule has 4 aromatic rings. The van der Waals surface area contributed by atoms with Crippen LogP contribution in [0.25, 0.3) is 0 Å². The summed E-state index contributed by atoms with van der Waals surface area (Å²) in [6, 6.07) is 18.8. The van der Waals surface area contributed by atoms with Gasteiger partial charge in [-0.3, -0.25) is 15.0 Å². The second-order valence-electron chi connectivity index (χ2n) is 10.3. The van der Waals surface area contributed by atoms with Crippen molar-refractivity contribution in [2.24, 2.45) is 9.98 Å². The first kappa shape index (κ1) is 27.5. The molecule has 6 nitrogen and oxygen atoms in total. The Hall–Kier alpha value is -5.10. The minimum Gasteiger partial charge on any atom is -0.457 e. The van der Waals surface area contributed by atoms with Crippen LogP contribution in [0.1, 0.15) is 36.1 Å². The molecule has 0 amide bonds. The number of aliphatic imine (C=N–C) groups is 2. The minimum absolute atomic E-state index is 0.306. The molecule has 2 unspecified atom stereocenters. The molecule has 0 spiro atoms. The Morgan fingerprint density at radius 3 is 2.05 bits per heavy atom. The molecule has 0 saturated carbocycles. The molecule has 2 aliphatic rings. The zero-order chi connectivity index (χ0) is 28.4. The molecule has 6 rings (SSSR count). The van der Waals surface area contributed by atoms with E-state index in [2.05, 4.69) is 81.3 Å². The van der Waals surface area contributed by atoms with Crippen LogP contribution in [0.5, 0.6) is 11.5 Å². The number of allylic oxidation sites excluding steroid dienone is 6. The number of hydrogen-bond acceptors (Lipinski definition) is 5. The average molecular weight is 540 g/mol. The van der Waals surface area contributed by atoms with E-state index in [1.165, 1.54) is 11.1 Å². The Bertz CT molecular complexity index is 1560.